The zero-order valence-corrected chi connectivity index (χ0v) is 17.6. The van der Waals surface area contributed by atoms with Crippen LogP contribution in [0.15, 0.2) is 60.7 Å². The normalized spacial score (nSPS) is 15.8. The van der Waals surface area contributed by atoms with E-state index in [0.717, 1.165) is 41.2 Å². The van der Waals surface area contributed by atoms with Gasteiger partial charge in [0.2, 0.25) is 0 Å². The summed E-state index contributed by atoms with van der Waals surface area (Å²) in [5.41, 5.74) is 4.95. The van der Waals surface area contributed by atoms with Gasteiger partial charge in [0.25, 0.3) is 5.91 Å². The molecule has 0 saturated carbocycles. The number of carbonyl (C=O) groups excluding carboxylic acids is 1. The molecule has 1 aliphatic heterocycles. The lowest BCUT2D eigenvalue weighted by molar-refractivity contribution is 0.0790. The quantitative estimate of drug-likeness (QED) is 0.621. The maximum Gasteiger partial charge on any atom is 0.254 e. The molecule has 1 fully saturated rings. The average molecular weight is 402 g/mol. The fourth-order valence-electron chi connectivity index (χ4n) is 3.98. The zero-order valence-electron chi connectivity index (χ0n) is 17.6. The van der Waals surface area contributed by atoms with Crippen molar-refractivity contribution in [1.82, 2.24) is 9.88 Å². The second-order valence-corrected chi connectivity index (χ2v) is 7.62. The lowest BCUT2D eigenvalue weighted by Crippen LogP contribution is -2.28. The van der Waals surface area contributed by atoms with Crippen LogP contribution in [-0.2, 0) is 0 Å². The van der Waals surface area contributed by atoms with Gasteiger partial charge in [-0.25, -0.2) is 0 Å². The molecule has 2 heterocycles. The Morgan fingerprint density at radius 3 is 2.47 bits per heavy atom. The monoisotopic (exact) mass is 402 g/mol. The molecule has 5 nitrogen and oxygen atoms in total. The summed E-state index contributed by atoms with van der Waals surface area (Å²) in [5, 5.41) is 0. The summed E-state index contributed by atoms with van der Waals surface area (Å²) in [4.78, 5) is 19.6. The van der Waals surface area contributed by atoms with Crippen molar-refractivity contribution in [3.05, 3.63) is 77.6 Å². The van der Waals surface area contributed by atoms with E-state index in [1.54, 1.807) is 20.3 Å². The fourth-order valence-corrected chi connectivity index (χ4v) is 3.98. The van der Waals surface area contributed by atoms with Gasteiger partial charge in [0.1, 0.15) is 11.5 Å². The molecule has 1 aliphatic rings. The first-order valence-electron chi connectivity index (χ1n) is 10.1. The summed E-state index contributed by atoms with van der Waals surface area (Å²) in [7, 11) is 3.28. The van der Waals surface area contributed by atoms with Crippen LogP contribution in [-0.4, -0.2) is 43.1 Å². The minimum atomic E-state index is 0.0411. The van der Waals surface area contributed by atoms with Crippen LogP contribution in [0, 0.1) is 6.92 Å². The topological polar surface area (TPSA) is 51.7 Å². The Balaban J connectivity index is 1.53. The van der Waals surface area contributed by atoms with Crippen molar-refractivity contribution in [3.63, 3.8) is 0 Å². The van der Waals surface area contributed by atoms with E-state index in [1.165, 1.54) is 0 Å². The van der Waals surface area contributed by atoms with Crippen molar-refractivity contribution in [3.8, 4) is 22.6 Å². The Labute approximate surface area is 177 Å². The Kier molecular flexibility index (Phi) is 5.70. The van der Waals surface area contributed by atoms with Crippen LogP contribution in [0.5, 0.6) is 11.5 Å². The van der Waals surface area contributed by atoms with Crippen molar-refractivity contribution in [1.29, 1.82) is 0 Å². The van der Waals surface area contributed by atoms with E-state index in [2.05, 4.69) is 24.3 Å². The summed E-state index contributed by atoms with van der Waals surface area (Å²) in [6, 6.07) is 19.6. The Hall–Kier alpha value is -3.34. The van der Waals surface area contributed by atoms with E-state index < -0.39 is 0 Å². The van der Waals surface area contributed by atoms with Gasteiger partial charge in [-0.1, -0.05) is 18.2 Å². The second kappa shape index (κ2) is 8.57. The lowest BCUT2D eigenvalue weighted by Gasteiger charge is -2.17. The van der Waals surface area contributed by atoms with Crippen molar-refractivity contribution in [2.24, 2.45) is 0 Å². The average Bonchev–Trinajstić information content (AvgIpc) is 3.28. The van der Waals surface area contributed by atoms with Gasteiger partial charge < -0.3 is 14.4 Å². The number of pyridine rings is 1. The summed E-state index contributed by atoms with van der Waals surface area (Å²) in [6.45, 7) is 3.42. The molecule has 4 rings (SSSR count). The van der Waals surface area contributed by atoms with Gasteiger partial charge in [0.05, 0.1) is 14.2 Å². The van der Waals surface area contributed by atoms with Crippen LogP contribution in [0.2, 0.25) is 0 Å². The number of rotatable bonds is 5. The van der Waals surface area contributed by atoms with E-state index in [0.29, 0.717) is 17.9 Å². The highest BCUT2D eigenvalue weighted by molar-refractivity contribution is 5.94. The first-order valence-corrected chi connectivity index (χ1v) is 10.1. The van der Waals surface area contributed by atoms with E-state index in [1.807, 2.05) is 42.2 Å². The molecule has 1 aromatic heterocycles. The molecular formula is C25H26N2O3. The van der Waals surface area contributed by atoms with Crippen molar-refractivity contribution in [2.75, 3.05) is 27.3 Å². The predicted molar refractivity (Wildman–Crippen MR) is 117 cm³/mol. The number of hydrogen-bond acceptors (Lipinski definition) is 4. The SMILES string of the molecule is COc1ccc(-c2cc(C)nc(C3CCN(C(=O)c4cccc(OC)c4)C3)c2)cc1. The fraction of sp³-hybridized carbons (Fsp3) is 0.280. The summed E-state index contributed by atoms with van der Waals surface area (Å²) in [6.07, 6.45) is 0.911. The molecule has 0 bridgehead atoms. The molecule has 0 spiro atoms. The number of hydrogen-bond donors (Lipinski definition) is 0. The largest absolute Gasteiger partial charge is 0.497 e. The number of ether oxygens (including phenoxy) is 2. The van der Waals surface area contributed by atoms with Gasteiger partial charge in [-0.15, -0.1) is 0 Å². The van der Waals surface area contributed by atoms with Crippen LogP contribution in [0.1, 0.15) is 34.1 Å². The Bertz CT molecular complexity index is 1050. The first kappa shape index (κ1) is 20.0. The van der Waals surface area contributed by atoms with Gasteiger partial charge in [-0.3, -0.25) is 9.78 Å². The van der Waals surface area contributed by atoms with E-state index in [-0.39, 0.29) is 11.8 Å². The van der Waals surface area contributed by atoms with Crippen LogP contribution < -0.4 is 9.47 Å². The highest BCUT2D eigenvalue weighted by atomic mass is 16.5. The molecule has 5 heteroatoms. The number of amides is 1. The van der Waals surface area contributed by atoms with Gasteiger partial charge in [0.15, 0.2) is 0 Å². The number of likely N-dealkylation sites (tertiary alicyclic amines) is 1. The minimum absolute atomic E-state index is 0.0411. The highest BCUT2D eigenvalue weighted by Gasteiger charge is 2.29. The third kappa shape index (κ3) is 4.15. The molecule has 0 radical (unpaired) electrons. The van der Waals surface area contributed by atoms with E-state index in [4.69, 9.17) is 14.5 Å². The molecular weight excluding hydrogens is 376 g/mol. The number of carbonyl (C=O) groups is 1. The third-order valence-corrected chi connectivity index (χ3v) is 5.61. The van der Waals surface area contributed by atoms with Crippen molar-refractivity contribution >= 4 is 5.91 Å². The van der Waals surface area contributed by atoms with Gasteiger partial charge in [-0.2, -0.15) is 0 Å². The third-order valence-electron chi connectivity index (χ3n) is 5.61. The molecule has 1 saturated heterocycles. The number of methoxy groups -OCH3 is 2. The molecule has 3 aromatic rings. The van der Waals surface area contributed by atoms with Gasteiger partial charge in [-0.05, 0) is 66.9 Å². The number of aromatic nitrogens is 1. The molecule has 2 aromatic carbocycles. The molecule has 30 heavy (non-hydrogen) atoms. The number of benzene rings is 2. The van der Waals surface area contributed by atoms with Crippen LogP contribution in [0.3, 0.4) is 0 Å². The van der Waals surface area contributed by atoms with Crippen LogP contribution in [0.4, 0.5) is 0 Å². The molecule has 1 amide bonds. The molecule has 1 unspecified atom stereocenters. The smallest absolute Gasteiger partial charge is 0.254 e. The highest BCUT2D eigenvalue weighted by Crippen LogP contribution is 2.31. The number of aryl methyl sites for hydroxylation is 1. The summed E-state index contributed by atoms with van der Waals surface area (Å²) in [5.74, 6) is 1.81. The summed E-state index contributed by atoms with van der Waals surface area (Å²) < 4.78 is 10.5. The summed E-state index contributed by atoms with van der Waals surface area (Å²) >= 11 is 0. The first-order chi connectivity index (χ1) is 14.6. The Morgan fingerprint density at radius 2 is 1.73 bits per heavy atom. The molecule has 0 aliphatic carbocycles. The van der Waals surface area contributed by atoms with Crippen molar-refractivity contribution < 1.29 is 14.3 Å². The van der Waals surface area contributed by atoms with E-state index in [9.17, 15) is 4.79 Å². The lowest BCUT2D eigenvalue weighted by atomic mass is 9.98. The maximum atomic E-state index is 12.9. The molecule has 0 N–H and O–H groups in total. The van der Waals surface area contributed by atoms with Crippen LogP contribution in [0.25, 0.3) is 11.1 Å². The van der Waals surface area contributed by atoms with Crippen LogP contribution >= 0.6 is 0 Å². The Morgan fingerprint density at radius 1 is 0.967 bits per heavy atom. The standard InChI is InChI=1S/C25H26N2O3/c1-17-13-21(18-7-9-22(29-2)10-8-18)15-24(26-17)20-11-12-27(16-20)25(28)19-5-4-6-23(14-19)30-3/h4-10,13-15,20H,11-12,16H2,1-3H3. The van der Waals surface area contributed by atoms with E-state index >= 15 is 0 Å². The second-order valence-electron chi connectivity index (χ2n) is 7.62. The minimum Gasteiger partial charge on any atom is -0.497 e. The number of nitrogens with zero attached hydrogens (tertiary/aromatic N) is 2. The van der Waals surface area contributed by atoms with Gasteiger partial charge in [0, 0.05) is 36.0 Å². The zero-order chi connectivity index (χ0) is 21.1. The molecule has 1 atom stereocenters. The molecule has 154 valence electrons. The van der Waals surface area contributed by atoms with Gasteiger partial charge >= 0.3 is 0 Å². The predicted octanol–water partition coefficient (Wildman–Crippen LogP) is 4.70. The van der Waals surface area contributed by atoms with Crippen molar-refractivity contribution in [2.45, 2.75) is 19.3 Å². The maximum absolute atomic E-state index is 12.9.